The van der Waals surface area contributed by atoms with Gasteiger partial charge in [-0.15, -0.1) is 0 Å². The second-order valence-corrected chi connectivity index (χ2v) is 9.24. The molecule has 1 N–H and O–H groups in total. The topological polar surface area (TPSA) is 75.7 Å². The van der Waals surface area contributed by atoms with E-state index in [2.05, 4.69) is 16.9 Å². The number of hydrogen-bond acceptors (Lipinski definition) is 4. The van der Waals surface area contributed by atoms with Gasteiger partial charge < -0.3 is 9.64 Å². The van der Waals surface area contributed by atoms with Crippen LogP contribution in [-0.2, 0) is 27.7 Å². The first kappa shape index (κ1) is 21.1. The second-order valence-electron chi connectivity index (χ2n) is 7.35. The molecule has 1 heterocycles. The molecule has 0 aromatic heterocycles. The molecule has 0 unspecified atom stereocenters. The molecule has 0 spiro atoms. The van der Waals surface area contributed by atoms with E-state index in [4.69, 9.17) is 4.74 Å². The van der Waals surface area contributed by atoms with Crippen LogP contribution in [0.2, 0.25) is 0 Å². The Morgan fingerprint density at radius 2 is 1.77 bits per heavy atom. The molecule has 0 aliphatic carbocycles. The lowest BCUT2D eigenvalue weighted by molar-refractivity contribution is -0.120. The molecular formula is C24H24N2O4S. The van der Waals surface area contributed by atoms with Crippen LogP contribution in [0.5, 0.6) is 5.75 Å². The number of fused-ring (bicyclic) bond motifs is 1. The van der Waals surface area contributed by atoms with Gasteiger partial charge in [0.25, 0.3) is 5.91 Å². The first-order chi connectivity index (χ1) is 15.0. The van der Waals surface area contributed by atoms with Crippen molar-refractivity contribution in [3.63, 3.8) is 0 Å². The van der Waals surface area contributed by atoms with E-state index in [-0.39, 0.29) is 17.4 Å². The van der Waals surface area contributed by atoms with Crippen LogP contribution in [0.1, 0.15) is 16.7 Å². The molecule has 0 radical (unpaired) electrons. The van der Waals surface area contributed by atoms with Gasteiger partial charge in [-0.05, 0) is 54.4 Å². The van der Waals surface area contributed by atoms with Crippen molar-refractivity contribution in [2.75, 3.05) is 25.1 Å². The van der Waals surface area contributed by atoms with E-state index >= 15 is 0 Å². The van der Waals surface area contributed by atoms with Crippen molar-refractivity contribution in [1.82, 2.24) is 4.72 Å². The molecule has 3 aromatic rings. The van der Waals surface area contributed by atoms with Gasteiger partial charge in [-0.25, -0.2) is 13.1 Å². The third-order valence-electron chi connectivity index (χ3n) is 5.39. The lowest BCUT2D eigenvalue weighted by Gasteiger charge is -2.19. The summed E-state index contributed by atoms with van der Waals surface area (Å²) in [5.74, 6) is 0.534. The zero-order valence-electron chi connectivity index (χ0n) is 17.2. The SMILES string of the molecule is CNS(=O)(=O)c1ccc2c(c1)CCN2C(=O)COc1ccccc1Cc1ccccc1. The normalized spacial score (nSPS) is 13.1. The van der Waals surface area contributed by atoms with Crippen molar-refractivity contribution in [2.24, 2.45) is 0 Å². The standard InChI is InChI=1S/C24H24N2O4S/c1-25-31(28,29)21-11-12-22-19(16-21)13-14-26(22)24(27)17-30-23-10-6-5-9-20(23)15-18-7-3-2-4-8-18/h2-12,16,25H,13-15,17H2,1H3. The second kappa shape index (κ2) is 8.91. The highest BCUT2D eigenvalue weighted by Gasteiger charge is 2.26. The molecule has 0 saturated carbocycles. The quantitative estimate of drug-likeness (QED) is 0.617. The van der Waals surface area contributed by atoms with Gasteiger partial charge in [-0.3, -0.25) is 4.79 Å². The van der Waals surface area contributed by atoms with Crippen molar-refractivity contribution in [1.29, 1.82) is 0 Å². The van der Waals surface area contributed by atoms with Crippen LogP contribution in [0.25, 0.3) is 0 Å². The fourth-order valence-electron chi connectivity index (χ4n) is 3.75. The molecular weight excluding hydrogens is 412 g/mol. The van der Waals surface area contributed by atoms with Crippen molar-refractivity contribution in [3.8, 4) is 5.75 Å². The Kier molecular flexibility index (Phi) is 6.06. The van der Waals surface area contributed by atoms with Gasteiger partial charge in [0.1, 0.15) is 5.75 Å². The molecule has 0 saturated heterocycles. The maximum Gasteiger partial charge on any atom is 0.264 e. The van der Waals surface area contributed by atoms with E-state index in [1.165, 1.54) is 18.7 Å². The van der Waals surface area contributed by atoms with Gasteiger partial charge in [-0.1, -0.05) is 48.5 Å². The number of carbonyl (C=O) groups excluding carboxylic acids is 1. The molecule has 7 heteroatoms. The first-order valence-electron chi connectivity index (χ1n) is 10.1. The zero-order chi connectivity index (χ0) is 21.8. The Morgan fingerprint density at radius 3 is 2.55 bits per heavy atom. The average molecular weight is 437 g/mol. The number of anilines is 1. The van der Waals surface area contributed by atoms with Gasteiger partial charge in [0.2, 0.25) is 10.0 Å². The zero-order valence-corrected chi connectivity index (χ0v) is 18.1. The summed E-state index contributed by atoms with van der Waals surface area (Å²) in [6.45, 7) is 0.425. The highest BCUT2D eigenvalue weighted by atomic mass is 32.2. The van der Waals surface area contributed by atoms with E-state index in [1.807, 2.05) is 42.5 Å². The van der Waals surface area contributed by atoms with E-state index in [0.717, 1.165) is 23.2 Å². The minimum Gasteiger partial charge on any atom is -0.483 e. The molecule has 31 heavy (non-hydrogen) atoms. The maximum absolute atomic E-state index is 12.9. The van der Waals surface area contributed by atoms with Crippen molar-refractivity contribution >= 4 is 21.6 Å². The predicted molar refractivity (Wildman–Crippen MR) is 120 cm³/mol. The highest BCUT2D eigenvalue weighted by molar-refractivity contribution is 7.89. The number of sulfonamides is 1. The summed E-state index contributed by atoms with van der Waals surface area (Å²) in [6, 6.07) is 22.7. The Labute approximate surface area is 182 Å². The van der Waals surface area contributed by atoms with Crippen LogP contribution in [0.15, 0.2) is 77.7 Å². The van der Waals surface area contributed by atoms with Crippen LogP contribution >= 0.6 is 0 Å². The number of rotatable bonds is 7. The molecule has 1 aliphatic rings. The first-order valence-corrected chi connectivity index (χ1v) is 11.6. The van der Waals surface area contributed by atoms with Crippen LogP contribution in [0.4, 0.5) is 5.69 Å². The number of amides is 1. The summed E-state index contributed by atoms with van der Waals surface area (Å²) in [4.78, 5) is 14.7. The van der Waals surface area contributed by atoms with E-state index in [0.29, 0.717) is 18.7 Å². The minimum absolute atomic E-state index is 0.0815. The van der Waals surface area contributed by atoms with Crippen molar-refractivity contribution in [2.45, 2.75) is 17.7 Å². The fraction of sp³-hybridized carbons (Fsp3) is 0.208. The van der Waals surface area contributed by atoms with E-state index in [9.17, 15) is 13.2 Å². The van der Waals surface area contributed by atoms with Gasteiger partial charge >= 0.3 is 0 Å². The number of nitrogens with one attached hydrogen (secondary N) is 1. The molecule has 6 nitrogen and oxygen atoms in total. The Balaban J connectivity index is 1.46. The number of hydrogen-bond donors (Lipinski definition) is 1. The summed E-state index contributed by atoms with van der Waals surface area (Å²) >= 11 is 0. The van der Waals surface area contributed by atoms with E-state index in [1.54, 1.807) is 17.0 Å². The van der Waals surface area contributed by atoms with Crippen LogP contribution in [0.3, 0.4) is 0 Å². The van der Waals surface area contributed by atoms with Crippen molar-refractivity contribution in [3.05, 3.63) is 89.5 Å². The monoisotopic (exact) mass is 436 g/mol. The highest BCUT2D eigenvalue weighted by Crippen LogP contribution is 2.30. The molecule has 4 rings (SSSR count). The lowest BCUT2D eigenvalue weighted by Crippen LogP contribution is -2.33. The number of nitrogens with zero attached hydrogens (tertiary/aromatic N) is 1. The summed E-state index contributed by atoms with van der Waals surface area (Å²) in [7, 11) is -2.13. The molecule has 0 fully saturated rings. The smallest absolute Gasteiger partial charge is 0.264 e. The molecule has 1 aliphatic heterocycles. The summed E-state index contributed by atoms with van der Waals surface area (Å²) < 4.78 is 32.3. The van der Waals surface area contributed by atoms with Gasteiger partial charge in [0.15, 0.2) is 6.61 Å². The fourth-order valence-corrected chi connectivity index (χ4v) is 4.53. The van der Waals surface area contributed by atoms with Crippen molar-refractivity contribution < 1.29 is 17.9 Å². The minimum atomic E-state index is -3.51. The average Bonchev–Trinajstić information content (AvgIpc) is 3.22. The lowest BCUT2D eigenvalue weighted by atomic mass is 10.0. The van der Waals surface area contributed by atoms with Crippen LogP contribution < -0.4 is 14.4 Å². The molecule has 0 bridgehead atoms. The van der Waals surface area contributed by atoms with E-state index < -0.39 is 10.0 Å². The Morgan fingerprint density at radius 1 is 1.03 bits per heavy atom. The molecule has 1 amide bonds. The summed E-state index contributed by atoms with van der Waals surface area (Å²) in [6.07, 6.45) is 1.33. The number of benzene rings is 3. The maximum atomic E-state index is 12.9. The Bertz CT molecular complexity index is 1190. The number of ether oxygens (including phenoxy) is 1. The molecule has 0 atom stereocenters. The Hall–Kier alpha value is -3.16. The van der Waals surface area contributed by atoms with Crippen LogP contribution in [-0.4, -0.2) is 34.5 Å². The van der Waals surface area contributed by atoms with Gasteiger partial charge in [0.05, 0.1) is 4.90 Å². The third-order valence-corrected chi connectivity index (χ3v) is 6.80. The predicted octanol–water partition coefficient (Wildman–Crippen LogP) is 3.15. The van der Waals surface area contributed by atoms with Crippen LogP contribution in [0, 0.1) is 0 Å². The summed E-state index contributed by atoms with van der Waals surface area (Å²) in [5.41, 5.74) is 3.77. The number of para-hydroxylation sites is 1. The van der Waals surface area contributed by atoms with Gasteiger partial charge in [0, 0.05) is 18.7 Å². The largest absolute Gasteiger partial charge is 0.483 e. The number of carbonyl (C=O) groups is 1. The third kappa shape index (κ3) is 4.62. The molecule has 3 aromatic carbocycles. The molecule has 160 valence electrons. The van der Waals surface area contributed by atoms with Gasteiger partial charge in [-0.2, -0.15) is 0 Å². The summed E-state index contributed by atoms with van der Waals surface area (Å²) in [5, 5.41) is 0.